The Morgan fingerprint density at radius 1 is 1.32 bits per heavy atom. The fourth-order valence-corrected chi connectivity index (χ4v) is 7.76. The van der Waals surface area contributed by atoms with E-state index in [1.807, 2.05) is 42.9 Å². The molecule has 7 rings (SSSR count). The number of thioether (sulfide) groups is 1. The Labute approximate surface area is 251 Å². The van der Waals surface area contributed by atoms with Crippen molar-refractivity contribution in [3.05, 3.63) is 33.7 Å². The number of ether oxygens (including phenoxy) is 1. The fourth-order valence-electron chi connectivity index (χ4n) is 6.70. The Bertz CT molecular complexity index is 1630. The third-order valence-corrected chi connectivity index (χ3v) is 10.0. The number of hydrogen-bond acceptors (Lipinski definition) is 6. The topological polar surface area (TPSA) is 91.5 Å². The molecule has 3 atom stereocenters. The molecule has 2 bridgehead atoms. The van der Waals surface area contributed by atoms with Gasteiger partial charge < -0.3 is 19.1 Å². The molecule has 8 nitrogen and oxygen atoms in total. The summed E-state index contributed by atoms with van der Waals surface area (Å²) in [6.45, 7) is 7.35. The van der Waals surface area contributed by atoms with E-state index in [1.54, 1.807) is 0 Å². The number of nitriles is 1. The second-order valence-corrected chi connectivity index (χ2v) is 13.8. The molecule has 41 heavy (non-hydrogen) atoms. The Balaban J connectivity index is 1.56. The number of aryl methyl sites for hydroxylation is 1. The minimum atomic E-state index is -0.596. The van der Waals surface area contributed by atoms with Crippen molar-refractivity contribution in [3.63, 3.8) is 0 Å². The van der Waals surface area contributed by atoms with E-state index < -0.39 is 11.4 Å². The Morgan fingerprint density at radius 2 is 2.10 bits per heavy atom. The SMILES string of the molecule is CSc1nc2c(F)c(Br)c(CCC#N)cc2c2c1cc(CN1CCCC1=O)n2[C@H]1[C@@H]2C[C@H]1N(C(=O)OC(C)(C)C)C2. The zero-order valence-electron chi connectivity index (χ0n) is 23.7. The third-order valence-electron chi connectivity index (χ3n) is 8.47. The van der Waals surface area contributed by atoms with E-state index in [0.717, 1.165) is 29.4 Å². The van der Waals surface area contributed by atoms with Crippen LogP contribution in [-0.2, 0) is 22.5 Å². The standard InChI is InChI=1S/C30H33BrFN5O3S/c1-30(2,3)40-29(39)36-14-17-12-21(36)26(17)37-18(15-35-10-6-8-22(35)38)13-20-27(37)19-11-16(7-5-9-33)23(31)24(32)25(19)34-28(20)41-4/h11,13,17,21,26H,5-8,10,12,14-15H2,1-4H3/t17-,21-,26+/m1/s1. The van der Waals surface area contributed by atoms with Crippen LogP contribution in [-0.4, -0.2) is 62.3 Å². The van der Waals surface area contributed by atoms with Crippen molar-refractivity contribution in [2.45, 2.75) is 82.1 Å². The first-order chi connectivity index (χ1) is 19.5. The second kappa shape index (κ2) is 10.5. The van der Waals surface area contributed by atoms with Crippen molar-refractivity contribution in [1.29, 1.82) is 5.26 Å². The van der Waals surface area contributed by atoms with Gasteiger partial charge in [0.15, 0.2) is 5.82 Å². The first kappa shape index (κ1) is 28.3. The van der Waals surface area contributed by atoms with Gasteiger partial charge in [0.1, 0.15) is 16.1 Å². The van der Waals surface area contributed by atoms with E-state index in [4.69, 9.17) is 9.72 Å². The maximum atomic E-state index is 15.9. The minimum Gasteiger partial charge on any atom is -0.444 e. The highest BCUT2D eigenvalue weighted by Gasteiger charge is 2.56. The summed E-state index contributed by atoms with van der Waals surface area (Å²) in [7, 11) is 0. The summed E-state index contributed by atoms with van der Waals surface area (Å²) in [5, 5.41) is 11.5. The maximum absolute atomic E-state index is 15.9. The number of aromatic nitrogens is 2. The molecule has 2 aromatic heterocycles. The van der Waals surface area contributed by atoms with Crippen LogP contribution in [0.1, 0.15) is 63.8 Å². The van der Waals surface area contributed by atoms with Crippen LogP contribution in [0.25, 0.3) is 21.8 Å². The number of fused-ring (bicyclic) bond motifs is 4. The normalized spacial score (nSPS) is 22.1. The monoisotopic (exact) mass is 641 g/mol. The van der Waals surface area contributed by atoms with Crippen molar-refractivity contribution in [2.24, 2.45) is 5.92 Å². The van der Waals surface area contributed by atoms with Crippen LogP contribution in [0.2, 0.25) is 0 Å². The summed E-state index contributed by atoms with van der Waals surface area (Å²) in [6.07, 6.45) is 4.55. The molecule has 0 unspecified atom stereocenters. The second-order valence-electron chi connectivity index (χ2n) is 12.2. The maximum Gasteiger partial charge on any atom is 0.410 e. The van der Waals surface area contributed by atoms with Gasteiger partial charge in [-0.15, -0.1) is 11.8 Å². The van der Waals surface area contributed by atoms with Crippen LogP contribution in [0.4, 0.5) is 9.18 Å². The molecule has 3 saturated heterocycles. The van der Waals surface area contributed by atoms with Crippen molar-refractivity contribution in [2.75, 3.05) is 19.3 Å². The fraction of sp³-hybridized carbons (Fsp3) is 0.533. The summed E-state index contributed by atoms with van der Waals surface area (Å²) in [6, 6.07) is 6.13. The molecule has 1 aliphatic carbocycles. The molecular weight excluding hydrogens is 609 g/mol. The molecule has 4 fully saturated rings. The zero-order chi connectivity index (χ0) is 29.2. The molecule has 5 heterocycles. The van der Waals surface area contributed by atoms with Gasteiger partial charge in [0.25, 0.3) is 0 Å². The van der Waals surface area contributed by atoms with Gasteiger partial charge in [-0.25, -0.2) is 14.2 Å². The number of halogens is 2. The number of carbonyl (C=O) groups is 2. The average molecular weight is 643 g/mol. The highest BCUT2D eigenvalue weighted by atomic mass is 79.9. The summed E-state index contributed by atoms with van der Waals surface area (Å²) in [5.74, 6) is -0.0883. The van der Waals surface area contributed by atoms with Gasteiger partial charge in [-0.3, -0.25) is 4.79 Å². The smallest absolute Gasteiger partial charge is 0.410 e. The van der Waals surface area contributed by atoms with E-state index >= 15 is 4.39 Å². The summed E-state index contributed by atoms with van der Waals surface area (Å²) < 4.78 is 24.3. The molecule has 11 heteroatoms. The van der Waals surface area contributed by atoms with Gasteiger partial charge in [-0.1, -0.05) is 0 Å². The molecular formula is C30H33BrFN5O3S. The zero-order valence-corrected chi connectivity index (χ0v) is 26.1. The molecule has 1 saturated carbocycles. The summed E-state index contributed by atoms with van der Waals surface area (Å²) >= 11 is 4.88. The number of likely N-dealkylation sites (tertiary alicyclic amines) is 1. The minimum absolute atomic E-state index is 0.0257. The van der Waals surface area contributed by atoms with Crippen molar-refractivity contribution in [1.82, 2.24) is 19.4 Å². The van der Waals surface area contributed by atoms with Crippen molar-refractivity contribution < 1.29 is 18.7 Å². The summed E-state index contributed by atoms with van der Waals surface area (Å²) in [4.78, 5) is 34.3. The summed E-state index contributed by atoms with van der Waals surface area (Å²) in [5.41, 5.74) is 2.23. The van der Waals surface area contributed by atoms with Crippen LogP contribution in [0, 0.1) is 23.1 Å². The highest BCUT2D eigenvalue weighted by molar-refractivity contribution is 9.10. The Hall–Kier alpha value is -2.84. The molecule has 3 aliphatic heterocycles. The van der Waals surface area contributed by atoms with Gasteiger partial charge in [0.2, 0.25) is 5.91 Å². The first-order valence-electron chi connectivity index (χ1n) is 14.0. The number of nitrogens with zero attached hydrogens (tertiary/aromatic N) is 5. The van der Waals surface area contributed by atoms with Gasteiger partial charge >= 0.3 is 6.09 Å². The Morgan fingerprint density at radius 3 is 2.76 bits per heavy atom. The van der Waals surface area contributed by atoms with Gasteiger partial charge in [0, 0.05) is 48.3 Å². The molecule has 216 valence electrons. The predicted octanol–water partition coefficient (Wildman–Crippen LogP) is 6.57. The first-order valence-corrected chi connectivity index (χ1v) is 16.1. The lowest BCUT2D eigenvalue weighted by Gasteiger charge is -2.39. The number of carbonyl (C=O) groups excluding carboxylic acids is 2. The van der Waals surface area contributed by atoms with E-state index in [9.17, 15) is 14.9 Å². The van der Waals surface area contributed by atoms with Crippen LogP contribution < -0.4 is 0 Å². The quantitative estimate of drug-likeness (QED) is 0.283. The number of benzene rings is 1. The van der Waals surface area contributed by atoms with E-state index in [1.165, 1.54) is 11.8 Å². The predicted molar refractivity (Wildman–Crippen MR) is 159 cm³/mol. The largest absolute Gasteiger partial charge is 0.444 e. The molecule has 1 aromatic carbocycles. The van der Waals surface area contributed by atoms with Crippen LogP contribution in [0.15, 0.2) is 21.6 Å². The van der Waals surface area contributed by atoms with E-state index in [0.29, 0.717) is 52.9 Å². The molecule has 2 amide bonds. The number of amides is 2. The molecule has 4 aliphatic rings. The lowest BCUT2D eigenvalue weighted by atomic mass is 9.79. The lowest BCUT2D eigenvalue weighted by Crippen LogP contribution is -2.44. The number of pyridine rings is 1. The van der Waals surface area contributed by atoms with Crippen molar-refractivity contribution >= 4 is 61.5 Å². The highest BCUT2D eigenvalue weighted by Crippen LogP contribution is 2.53. The average Bonchev–Trinajstić information content (AvgIpc) is 3.68. The molecule has 0 N–H and O–H groups in total. The van der Waals surface area contributed by atoms with E-state index in [-0.39, 0.29) is 41.9 Å². The van der Waals surface area contributed by atoms with Crippen molar-refractivity contribution in [3.8, 4) is 6.07 Å². The molecule has 0 radical (unpaired) electrons. The Kier molecular flexibility index (Phi) is 7.22. The number of rotatable bonds is 6. The van der Waals surface area contributed by atoms with E-state index in [2.05, 4.69) is 32.6 Å². The molecule has 3 aromatic rings. The van der Waals surface area contributed by atoms with Crippen LogP contribution >= 0.6 is 27.7 Å². The number of hydrogen-bond donors (Lipinski definition) is 0. The van der Waals surface area contributed by atoms with Crippen LogP contribution in [0.3, 0.4) is 0 Å². The molecule has 0 spiro atoms. The third kappa shape index (κ3) is 4.77. The van der Waals surface area contributed by atoms with Crippen LogP contribution in [0.5, 0.6) is 0 Å². The van der Waals surface area contributed by atoms with Gasteiger partial charge in [0.05, 0.1) is 34.7 Å². The lowest BCUT2D eigenvalue weighted by molar-refractivity contribution is -0.128. The van der Waals surface area contributed by atoms with Gasteiger partial charge in [-0.2, -0.15) is 5.26 Å². The van der Waals surface area contributed by atoms with Gasteiger partial charge in [-0.05, 0) is 79.9 Å².